The van der Waals surface area contributed by atoms with Crippen LogP contribution in [0.4, 0.5) is 5.69 Å². The Morgan fingerprint density at radius 2 is 2.29 bits per heavy atom. The van der Waals surface area contributed by atoms with E-state index in [0.29, 0.717) is 5.69 Å². The third-order valence-corrected chi connectivity index (χ3v) is 3.27. The molecule has 1 unspecified atom stereocenters. The number of carbonyl (C=O) groups is 1. The van der Waals surface area contributed by atoms with Gasteiger partial charge in [-0.05, 0) is 50.9 Å². The first kappa shape index (κ1) is 11.9. The summed E-state index contributed by atoms with van der Waals surface area (Å²) < 4.78 is 0. The Morgan fingerprint density at radius 3 is 2.94 bits per heavy atom. The lowest BCUT2D eigenvalue weighted by Gasteiger charge is -2.23. The second-order valence-electron chi connectivity index (χ2n) is 4.84. The molecule has 1 fully saturated rings. The van der Waals surface area contributed by atoms with Gasteiger partial charge in [-0.3, -0.25) is 4.79 Å². The Hall–Kier alpha value is -1.55. The van der Waals surface area contributed by atoms with Gasteiger partial charge in [0.15, 0.2) is 0 Å². The first-order valence-electron chi connectivity index (χ1n) is 5.87. The van der Waals surface area contributed by atoms with Crippen LogP contribution in [0.1, 0.15) is 25.3 Å². The van der Waals surface area contributed by atoms with Crippen molar-refractivity contribution in [2.75, 3.05) is 11.9 Å². The number of aromatic hydroxyl groups is 1. The Morgan fingerprint density at radius 1 is 1.53 bits per heavy atom. The number of rotatable bonds is 2. The summed E-state index contributed by atoms with van der Waals surface area (Å²) in [6.45, 7) is 4.68. The molecule has 1 amide bonds. The van der Waals surface area contributed by atoms with Gasteiger partial charge >= 0.3 is 0 Å². The average Bonchev–Trinajstić information content (AvgIpc) is 2.72. The Bertz CT molecular complexity index is 437. The molecule has 2 rings (SSSR count). The van der Waals surface area contributed by atoms with Crippen molar-refractivity contribution in [3.63, 3.8) is 0 Å². The molecule has 0 aromatic heterocycles. The maximum absolute atomic E-state index is 12.1. The third kappa shape index (κ3) is 2.42. The maximum Gasteiger partial charge on any atom is 0.244 e. The molecule has 0 bridgehead atoms. The summed E-state index contributed by atoms with van der Waals surface area (Å²) in [5.74, 6) is 0.0152. The molecule has 1 atom stereocenters. The number of benzene rings is 1. The molecule has 1 aliphatic rings. The van der Waals surface area contributed by atoms with Crippen molar-refractivity contribution in [1.82, 2.24) is 5.32 Å². The van der Waals surface area contributed by atoms with Gasteiger partial charge in [0.1, 0.15) is 5.75 Å². The molecule has 92 valence electrons. The second kappa shape index (κ2) is 4.37. The zero-order valence-corrected chi connectivity index (χ0v) is 10.2. The summed E-state index contributed by atoms with van der Waals surface area (Å²) in [6.07, 6.45) is 1.83. The largest absolute Gasteiger partial charge is 0.506 e. The smallest absolute Gasteiger partial charge is 0.244 e. The van der Waals surface area contributed by atoms with E-state index in [9.17, 15) is 9.90 Å². The Labute approximate surface area is 101 Å². The topological polar surface area (TPSA) is 61.4 Å². The fraction of sp³-hybridized carbons (Fsp3) is 0.462. The predicted molar refractivity (Wildman–Crippen MR) is 67.1 cm³/mol. The van der Waals surface area contributed by atoms with E-state index in [1.165, 1.54) is 0 Å². The lowest BCUT2D eigenvalue weighted by molar-refractivity contribution is -0.121. The van der Waals surface area contributed by atoms with Gasteiger partial charge in [-0.25, -0.2) is 0 Å². The molecule has 3 N–H and O–H groups in total. The van der Waals surface area contributed by atoms with E-state index < -0.39 is 5.54 Å². The van der Waals surface area contributed by atoms with Crippen molar-refractivity contribution < 1.29 is 9.90 Å². The number of anilines is 1. The molecule has 1 saturated heterocycles. The highest BCUT2D eigenvalue weighted by molar-refractivity contribution is 5.99. The normalized spacial score (nSPS) is 23.6. The van der Waals surface area contributed by atoms with Gasteiger partial charge in [0.25, 0.3) is 0 Å². The highest BCUT2D eigenvalue weighted by Crippen LogP contribution is 2.26. The summed E-state index contributed by atoms with van der Waals surface area (Å²) in [5, 5.41) is 15.7. The minimum absolute atomic E-state index is 0.0871. The van der Waals surface area contributed by atoms with Crippen LogP contribution < -0.4 is 10.6 Å². The monoisotopic (exact) mass is 234 g/mol. The highest BCUT2D eigenvalue weighted by Gasteiger charge is 2.36. The van der Waals surface area contributed by atoms with E-state index in [0.717, 1.165) is 24.9 Å². The summed E-state index contributed by atoms with van der Waals surface area (Å²) in [4.78, 5) is 12.1. The lowest BCUT2D eigenvalue weighted by atomic mass is 9.99. The molecule has 4 nitrogen and oxygen atoms in total. The minimum atomic E-state index is -0.518. The van der Waals surface area contributed by atoms with Crippen molar-refractivity contribution in [2.24, 2.45) is 0 Å². The fourth-order valence-corrected chi connectivity index (χ4v) is 2.10. The number of phenols is 1. The molecule has 1 aliphatic heterocycles. The van der Waals surface area contributed by atoms with Crippen LogP contribution in [0.3, 0.4) is 0 Å². The van der Waals surface area contributed by atoms with Crippen molar-refractivity contribution >= 4 is 11.6 Å². The van der Waals surface area contributed by atoms with Gasteiger partial charge in [0.2, 0.25) is 5.91 Å². The molecule has 1 aromatic carbocycles. The molecule has 0 spiro atoms. The quantitative estimate of drug-likeness (QED) is 0.684. The molecule has 1 aromatic rings. The number of carbonyl (C=O) groups excluding carboxylic acids is 1. The van der Waals surface area contributed by atoms with Gasteiger partial charge in [0.05, 0.1) is 11.2 Å². The van der Waals surface area contributed by atoms with Gasteiger partial charge in [-0.2, -0.15) is 0 Å². The van der Waals surface area contributed by atoms with Crippen molar-refractivity contribution in [3.05, 3.63) is 23.8 Å². The highest BCUT2D eigenvalue weighted by atomic mass is 16.3. The average molecular weight is 234 g/mol. The van der Waals surface area contributed by atoms with E-state index in [2.05, 4.69) is 10.6 Å². The second-order valence-corrected chi connectivity index (χ2v) is 4.84. The van der Waals surface area contributed by atoms with Crippen LogP contribution in [0.15, 0.2) is 18.2 Å². The van der Waals surface area contributed by atoms with E-state index in [4.69, 9.17) is 0 Å². The standard InChI is InChI=1S/C13H18N2O2/c1-9-4-5-11(16)10(8-9)15-12(17)13(2)6-3-7-14-13/h4-5,8,14,16H,3,6-7H2,1-2H3,(H,15,17). The van der Waals surface area contributed by atoms with E-state index >= 15 is 0 Å². The van der Waals surface area contributed by atoms with Gasteiger partial charge in [-0.15, -0.1) is 0 Å². The molecular weight excluding hydrogens is 216 g/mol. The van der Waals surface area contributed by atoms with Gasteiger partial charge in [-0.1, -0.05) is 6.07 Å². The zero-order chi connectivity index (χ0) is 12.5. The van der Waals surface area contributed by atoms with E-state index in [-0.39, 0.29) is 11.7 Å². The summed E-state index contributed by atoms with van der Waals surface area (Å²) in [5.41, 5.74) is 0.962. The van der Waals surface area contributed by atoms with Crippen LogP contribution >= 0.6 is 0 Å². The maximum atomic E-state index is 12.1. The summed E-state index contributed by atoms with van der Waals surface area (Å²) in [6, 6.07) is 5.17. The number of aryl methyl sites for hydroxylation is 1. The Balaban J connectivity index is 2.15. The van der Waals surface area contributed by atoms with Crippen LogP contribution in [0.25, 0.3) is 0 Å². The molecular formula is C13H18N2O2. The van der Waals surface area contributed by atoms with Crippen LogP contribution in [0.5, 0.6) is 5.75 Å². The van der Waals surface area contributed by atoms with Crippen LogP contribution in [0.2, 0.25) is 0 Å². The van der Waals surface area contributed by atoms with Crippen molar-refractivity contribution in [3.8, 4) is 5.75 Å². The van der Waals surface area contributed by atoms with Crippen molar-refractivity contribution in [1.29, 1.82) is 0 Å². The molecule has 0 radical (unpaired) electrons. The predicted octanol–water partition coefficient (Wildman–Crippen LogP) is 1.78. The van der Waals surface area contributed by atoms with Gasteiger partial charge < -0.3 is 15.7 Å². The first-order chi connectivity index (χ1) is 8.01. The van der Waals surface area contributed by atoms with E-state index in [1.54, 1.807) is 18.2 Å². The molecule has 1 heterocycles. The number of hydrogen-bond acceptors (Lipinski definition) is 3. The molecule has 17 heavy (non-hydrogen) atoms. The molecule has 0 saturated carbocycles. The molecule has 0 aliphatic carbocycles. The Kier molecular flexibility index (Phi) is 3.07. The van der Waals surface area contributed by atoms with E-state index in [1.807, 2.05) is 13.8 Å². The SMILES string of the molecule is Cc1ccc(O)c(NC(=O)C2(C)CCCN2)c1. The number of nitrogens with one attached hydrogen (secondary N) is 2. The molecule has 4 heteroatoms. The van der Waals surface area contributed by atoms with Crippen LogP contribution in [0, 0.1) is 6.92 Å². The number of amides is 1. The zero-order valence-electron chi connectivity index (χ0n) is 10.2. The third-order valence-electron chi connectivity index (χ3n) is 3.27. The minimum Gasteiger partial charge on any atom is -0.506 e. The number of hydrogen-bond donors (Lipinski definition) is 3. The van der Waals surface area contributed by atoms with Gasteiger partial charge in [0, 0.05) is 0 Å². The first-order valence-corrected chi connectivity index (χ1v) is 5.87. The number of phenolic OH excluding ortho intramolecular Hbond substituents is 1. The van der Waals surface area contributed by atoms with Crippen molar-refractivity contribution in [2.45, 2.75) is 32.2 Å². The van der Waals surface area contributed by atoms with Crippen LogP contribution in [-0.2, 0) is 4.79 Å². The summed E-state index contributed by atoms with van der Waals surface area (Å²) in [7, 11) is 0. The van der Waals surface area contributed by atoms with Crippen LogP contribution in [-0.4, -0.2) is 23.1 Å². The fourth-order valence-electron chi connectivity index (χ4n) is 2.10. The summed E-state index contributed by atoms with van der Waals surface area (Å²) >= 11 is 0. The lowest BCUT2D eigenvalue weighted by Crippen LogP contribution is -2.47.